The quantitative estimate of drug-likeness (QED) is 0.846. The first kappa shape index (κ1) is 10.6. The van der Waals surface area contributed by atoms with Gasteiger partial charge in [0.25, 0.3) is 0 Å². The maximum atomic E-state index is 4.27. The molecule has 0 saturated carbocycles. The summed E-state index contributed by atoms with van der Waals surface area (Å²) in [6, 6.07) is 5.77. The van der Waals surface area contributed by atoms with E-state index in [-0.39, 0.29) is 0 Å². The van der Waals surface area contributed by atoms with Crippen molar-refractivity contribution in [1.82, 2.24) is 20.0 Å². The Hall–Kier alpha value is -1.91. The smallest absolute Gasteiger partial charge is 0.148 e. The number of hydrogen-bond acceptors (Lipinski definition) is 4. The molecule has 0 aliphatic carbocycles. The summed E-state index contributed by atoms with van der Waals surface area (Å²) in [4.78, 5) is 0. The SMILES string of the molecule is CCCNc1ccc(-c2ccn(C)n2)nn1. The van der Waals surface area contributed by atoms with Gasteiger partial charge < -0.3 is 5.32 Å². The molecule has 2 aromatic heterocycles. The Labute approximate surface area is 94.5 Å². The van der Waals surface area contributed by atoms with E-state index in [0.29, 0.717) is 0 Å². The number of nitrogens with one attached hydrogen (secondary N) is 1. The predicted octanol–water partition coefficient (Wildman–Crippen LogP) is 1.70. The second-order valence-electron chi connectivity index (χ2n) is 3.61. The van der Waals surface area contributed by atoms with Crippen LogP contribution in [0.2, 0.25) is 0 Å². The van der Waals surface area contributed by atoms with E-state index in [9.17, 15) is 0 Å². The molecule has 2 rings (SSSR count). The third-order valence-corrected chi connectivity index (χ3v) is 2.20. The van der Waals surface area contributed by atoms with E-state index in [1.54, 1.807) is 4.68 Å². The van der Waals surface area contributed by atoms with E-state index in [1.165, 1.54) is 0 Å². The van der Waals surface area contributed by atoms with Crippen molar-refractivity contribution in [2.75, 3.05) is 11.9 Å². The highest BCUT2D eigenvalue weighted by Crippen LogP contribution is 2.13. The second-order valence-corrected chi connectivity index (χ2v) is 3.61. The van der Waals surface area contributed by atoms with Crippen LogP contribution >= 0.6 is 0 Å². The van der Waals surface area contributed by atoms with Crippen LogP contribution in [0.25, 0.3) is 11.4 Å². The zero-order valence-corrected chi connectivity index (χ0v) is 9.51. The fourth-order valence-electron chi connectivity index (χ4n) is 1.37. The summed E-state index contributed by atoms with van der Waals surface area (Å²) in [5.74, 6) is 0.807. The van der Waals surface area contributed by atoms with Crippen molar-refractivity contribution in [2.24, 2.45) is 7.05 Å². The minimum atomic E-state index is 0.794. The lowest BCUT2D eigenvalue weighted by molar-refractivity contribution is 0.769. The molecule has 0 atom stereocenters. The minimum Gasteiger partial charge on any atom is -0.369 e. The van der Waals surface area contributed by atoms with Crippen LogP contribution in [0.4, 0.5) is 5.82 Å². The largest absolute Gasteiger partial charge is 0.369 e. The Bertz CT molecular complexity index is 446. The molecule has 0 aliphatic heterocycles. The van der Waals surface area contributed by atoms with Crippen molar-refractivity contribution in [1.29, 1.82) is 0 Å². The average Bonchev–Trinajstić information content (AvgIpc) is 2.74. The van der Waals surface area contributed by atoms with E-state index in [0.717, 1.165) is 30.2 Å². The third-order valence-electron chi connectivity index (χ3n) is 2.20. The first-order valence-corrected chi connectivity index (χ1v) is 5.37. The summed E-state index contributed by atoms with van der Waals surface area (Å²) in [6.45, 7) is 3.03. The second kappa shape index (κ2) is 4.74. The predicted molar refractivity (Wildman–Crippen MR) is 63.0 cm³/mol. The van der Waals surface area contributed by atoms with Crippen LogP contribution in [0.1, 0.15) is 13.3 Å². The standard InChI is InChI=1S/C11H15N5/c1-3-7-12-11-5-4-9(13-14-11)10-6-8-16(2)15-10/h4-6,8H,3,7H2,1-2H3,(H,12,14). The maximum Gasteiger partial charge on any atom is 0.148 e. The third kappa shape index (κ3) is 2.36. The van der Waals surface area contributed by atoms with Crippen molar-refractivity contribution < 1.29 is 0 Å². The number of hydrogen-bond donors (Lipinski definition) is 1. The van der Waals surface area contributed by atoms with E-state index in [4.69, 9.17) is 0 Å². The van der Waals surface area contributed by atoms with Gasteiger partial charge in [-0.1, -0.05) is 6.92 Å². The van der Waals surface area contributed by atoms with Gasteiger partial charge in [0.05, 0.1) is 0 Å². The van der Waals surface area contributed by atoms with E-state index < -0.39 is 0 Å². The first-order valence-electron chi connectivity index (χ1n) is 5.37. The Morgan fingerprint density at radius 2 is 2.06 bits per heavy atom. The van der Waals surface area contributed by atoms with Crippen LogP contribution in [0.3, 0.4) is 0 Å². The number of aryl methyl sites for hydroxylation is 1. The number of rotatable bonds is 4. The van der Waals surface area contributed by atoms with Crippen LogP contribution in [-0.2, 0) is 7.05 Å². The highest BCUT2D eigenvalue weighted by molar-refractivity contribution is 5.54. The molecular formula is C11H15N5. The number of aromatic nitrogens is 4. The minimum absolute atomic E-state index is 0.794. The van der Waals surface area contributed by atoms with Crippen molar-refractivity contribution in [2.45, 2.75) is 13.3 Å². The Morgan fingerprint density at radius 3 is 2.62 bits per heavy atom. The zero-order chi connectivity index (χ0) is 11.4. The number of anilines is 1. The molecule has 0 fully saturated rings. The fraction of sp³-hybridized carbons (Fsp3) is 0.364. The maximum absolute atomic E-state index is 4.27. The molecular weight excluding hydrogens is 202 g/mol. The van der Waals surface area contributed by atoms with Gasteiger partial charge in [0, 0.05) is 19.8 Å². The molecule has 16 heavy (non-hydrogen) atoms. The van der Waals surface area contributed by atoms with Crippen molar-refractivity contribution in [3.8, 4) is 11.4 Å². The lowest BCUT2D eigenvalue weighted by Gasteiger charge is -2.02. The summed E-state index contributed by atoms with van der Waals surface area (Å²) in [7, 11) is 1.88. The first-order chi connectivity index (χ1) is 7.79. The van der Waals surface area contributed by atoms with Crippen molar-refractivity contribution in [3.63, 3.8) is 0 Å². The molecule has 0 saturated heterocycles. The fourth-order valence-corrected chi connectivity index (χ4v) is 1.37. The zero-order valence-electron chi connectivity index (χ0n) is 9.51. The molecule has 0 aromatic carbocycles. The molecule has 84 valence electrons. The molecule has 5 heteroatoms. The molecule has 1 N–H and O–H groups in total. The van der Waals surface area contributed by atoms with Crippen LogP contribution in [0.15, 0.2) is 24.4 Å². The van der Waals surface area contributed by atoms with Gasteiger partial charge in [-0.15, -0.1) is 10.2 Å². The molecule has 0 bridgehead atoms. The molecule has 5 nitrogen and oxygen atoms in total. The van der Waals surface area contributed by atoms with Gasteiger partial charge >= 0.3 is 0 Å². The van der Waals surface area contributed by atoms with Gasteiger partial charge in [0.2, 0.25) is 0 Å². The van der Waals surface area contributed by atoms with Crippen molar-refractivity contribution >= 4 is 5.82 Å². The van der Waals surface area contributed by atoms with Gasteiger partial charge in [-0.2, -0.15) is 5.10 Å². The van der Waals surface area contributed by atoms with Crippen LogP contribution in [0, 0.1) is 0 Å². The molecule has 0 spiro atoms. The highest BCUT2D eigenvalue weighted by atomic mass is 15.3. The molecule has 0 aliphatic rings. The van der Waals surface area contributed by atoms with Crippen molar-refractivity contribution in [3.05, 3.63) is 24.4 Å². The molecule has 2 heterocycles. The summed E-state index contributed by atoms with van der Waals surface area (Å²) < 4.78 is 1.75. The van der Waals surface area contributed by atoms with E-state index >= 15 is 0 Å². The van der Waals surface area contributed by atoms with Gasteiger partial charge in [-0.25, -0.2) is 0 Å². The summed E-state index contributed by atoms with van der Waals surface area (Å²) in [5.41, 5.74) is 1.64. The highest BCUT2D eigenvalue weighted by Gasteiger charge is 2.03. The molecule has 2 aromatic rings. The molecule has 0 amide bonds. The Balaban J connectivity index is 2.13. The molecule has 0 unspecified atom stereocenters. The lowest BCUT2D eigenvalue weighted by atomic mass is 10.3. The molecule has 0 radical (unpaired) electrons. The van der Waals surface area contributed by atoms with Gasteiger partial charge in [-0.05, 0) is 24.6 Å². The van der Waals surface area contributed by atoms with Gasteiger partial charge in [0.1, 0.15) is 17.2 Å². The Kier molecular flexibility index (Phi) is 3.14. The topological polar surface area (TPSA) is 55.6 Å². The summed E-state index contributed by atoms with van der Waals surface area (Å²) in [5, 5.41) is 15.7. The monoisotopic (exact) mass is 217 g/mol. The summed E-state index contributed by atoms with van der Waals surface area (Å²) in [6.07, 6.45) is 2.96. The number of nitrogens with zero attached hydrogens (tertiary/aromatic N) is 4. The van der Waals surface area contributed by atoms with Gasteiger partial charge in [0.15, 0.2) is 0 Å². The Morgan fingerprint density at radius 1 is 1.19 bits per heavy atom. The van der Waals surface area contributed by atoms with Crippen LogP contribution in [-0.4, -0.2) is 26.5 Å². The van der Waals surface area contributed by atoms with Crippen LogP contribution < -0.4 is 5.32 Å². The van der Waals surface area contributed by atoms with Crippen LogP contribution in [0.5, 0.6) is 0 Å². The normalized spacial score (nSPS) is 10.4. The van der Waals surface area contributed by atoms with Gasteiger partial charge in [-0.3, -0.25) is 4.68 Å². The van der Waals surface area contributed by atoms with E-state index in [2.05, 4.69) is 27.5 Å². The summed E-state index contributed by atoms with van der Waals surface area (Å²) >= 11 is 0. The lowest BCUT2D eigenvalue weighted by Crippen LogP contribution is -2.03. The van der Waals surface area contributed by atoms with E-state index in [1.807, 2.05) is 31.4 Å². The average molecular weight is 217 g/mol.